The van der Waals surface area contributed by atoms with Crippen molar-refractivity contribution in [3.05, 3.63) is 52.7 Å². The van der Waals surface area contributed by atoms with Gasteiger partial charge < -0.3 is 0 Å². The van der Waals surface area contributed by atoms with E-state index in [1.807, 2.05) is 42.5 Å². The van der Waals surface area contributed by atoms with Gasteiger partial charge in [0.2, 0.25) is 0 Å². The van der Waals surface area contributed by atoms with Gasteiger partial charge in [0.25, 0.3) is 0 Å². The van der Waals surface area contributed by atoms with Crippen LogP contribution in [0.4, 0.5) is 0 Å². The third-order valence-corrected chi connectivity index (χ3v) is 1.97. The van der Waals surface area contributed by atoms with Crippen LogP contribution < -0.4 is 0 Å². The lowest BCUT2D eigenvalue weighted by molar-refractivity contribution is 1.49. The number of nitrogens with zero attached hydrogens (tertiary/aromatic N) is 1. The summed E-state index contributed by atoms with van der Waals surface area (Å²) in [5, 5.41) is 0.750. The fourth-order valence-electron chi connectivity index (χ4n) is 1.17. The monoisotopic (exact) mass is 189 g/mol. The maximum atomic E-state index is 5.84. The van der Waals surface area contributed by atoms with Gasteiger partial charge in [0.05, 0.1) is 5.70 Å². The van der Waals surface area contributed by atoms with E-state index in [1.165, 1.54) is 0 Å². The minimum absolute atomic E-state index is 0.750. The molecular formula is C11H8ClN. The van der Waals surface area contributed by atoms with E-state index in [0.29, 0.717) is 0 Å². The van der Waals surface area contributed by atoms with Crippen LogP contribution in [-0.2, 0) is 0 Å². The summed E-state index contributed by atoms with van der Waals surface area (Å²) in [6.07, 6.45) is 7.64. The van der Waals surface area contributed by atoms with Crippen molar-refractivity contribution < 1.29 is 0 Å². The molecule has 1 aromatic rings. The summed E-state index contributed by atoms with van der Waals surface area (Å²) in [4.78, 5) is 4.14. The Bertz CT molecular complexity index is 388. The Labute approximate surface area is 82.1 Å². The van der Waals surface area contributed by atoms with Gasteiger partial charge in [-0.25, -0.2) is 0 Å². The van der Waals surface area contributed by atoms with Crippen molar-refractivity contribution in [3.63, 3.8) is 0 Å². The molecule has 0 aromatic heterocycles. The molecule has 0 radical (unpaired) electrons. The zero-order valence-electron chi connectivity index (χ0n) is 6.94. The Morgan fingerprint density at radius 1 is 1.31 bits per heavy atom. The van der Waals surface area contributed by atoms with Gasteiger partial charge in [-0.2, -0.15) is 0 Å². The Balaban J connectivity index is 2.32. The smallest absolute Gasteiger partial charge is 0.0636 e. The largest absolute Gasteiger partial charge is 0.257 e. The molecule has 2 heteroatoms. The minimum atomic E-state index is 0.750. The third-order valence-electron chi connectivity index (χ3n) is 1.74. The van der Waals surface area contributed by atoms with Gasteiger partial charge in [-0.1, -0.05) is 23.7 Å². The lowest BCUT2D eigenvalue weighted by atomic mass is 10.2. The molecule has 2 rings (SSSR count). The average molecular weight is 190 g/mol. The van der Waals surface area contributed by atoms with E-state index in [-0.39, 0.29) is 0 Å². The number of halogens is 1. The van der Waals surface area contributed by atoms with E-state index < -0.39 is 0 Å². The Morgan fingerprint density at radius 3 is 2.92 bits per heavy atom. The van der Waals surface area contributed by atoms with Crippen LogP contribution in [0.2, 0.25) is 5.02 Å². The molecule has 0 atom stereocenters. The molecule has 64 valence electrons. The van der Waals surface area contributed by atoms with Crippen LogP contribution >= 0.6 is 11.6 Å². The van der Waals surface area contributed by atoms with Gasteiger partial charge in [0, 0.05) is 11.2 Å². The fourth-order valence-corrected chi connectivity index (χ4v) is 1.36. The molecule has 1 aliphatic heterocycles. The second kappa shape index (κ2) is 3.58. The SMILES string of the molecule is Clc1cccc(C=C2C=CC=N2)c1. The molecule has 0 unspecified atom stereocenters. The van der Waals surface area contributed by atoms with Gasteiger partial charge in [0.15, 0.2) is 0 Å². The highest BCUT2D eigenvalue weighted by molar-refractivity contribution is 6.30. The highest BCUT2D eigenvalue weighted by Crippen LogP contribution is 2.15. The second-order valence-corrected chi connectivity index (χ2v) is 3.20. The summed E-state index contributed by atoms with van der Waals surface area (Å²) in [6, 6.07) is 7.70. The van der Waals surface area contributed by atoms with Crippen LogP contribution in [0.25, 0.3) is 6.08 Å². The molecule has 0 amide bonds. The van der Waals surface area contributed by atoms with E-state index in [1.54, 1.807) is 6.21 Å². The van der Waals surface area contributed by atoms with Crippen LogP contribution in [0, 0.1) is 0 Å². The molecule has 1 nitrogen and oxygen atoms in total. The molecule has 0 aliphatic carbocycles. The molecule has 0 saturated carbocycles. The van der Waals surface area contributed by atoms with E-state index in [0.717, 1.165) is 16.3 Å². The maximum absolute atomic E-state index is 5.84. The Morgan fingerprint density at radius 2 is 2.23 bits per heavy atom. The molecule has 0 bridgehead atoms. The first-order valence-electron chi connectivity index (χ1n) is 4.02. The fraction of sp³-hybridized carbons (Fsp3) is 0. The van der Waals surface area contributed by atoms with Crippen molar-refractivity contribution in [2.45, 2.75) is 0 Å². The van der Waals surface area contributed by atoms with Gasteiger partial charge in [0.1, 0.15) is 0 Å². The third kappa shape index (κ3) is 2.07. The van der Waals surface area contributed by atoms with Gasteiger partial charge in [-0.3, -0.25) is 4.99 Å². The number of rotatable bonds is 1. The van der Waals surface area contributed by atoms with Crippen molar-refractivity contribution in [2.75, 3.05) is 0 Å². The highest BCUT2D eigenvalue weighted by Gasteiger charge is 1.94. The normalized spacial score (nSPS) is 17.2. The highest BCUT2D eigenvalue weighted by atomic mass is 35.5. The zero-order chi connectivity index (χ0) is 9.10. The van der Waals surface area contributed by atoms with Crippen LogP contribution in [-0.4, -0.2) is 6.21 Å². The number of hydrogen-bond donors (Lipinski definition) is 0. The number of benzene rings is 1. The van der Waals surface area contributed by atoms with Crippen molar-refractivity contribution >= 4 is 23.9 Å². The Kier molecular flexibility index (Phi) is 2.28. The standard InChI is InChI=1S/C11H8ClN/c12-10-4-1-3-9(7-10)8-11-5-2-6-13-11/h1-8H. The van der Waals surface area contributed by atoms with E-state index in [2.05, 4.69) is 4.99 Å². The first kappa shape index (κ1) is 8.27. The molecule has 0 N–H and O–H groups in total. The van der Waals surface area contributed by atoms with Crippen LogP contribution in [0.1, 0.15) is 5.56 Å². The molecule has 1 heterocycles. The summed E-state index contributed by atoms with van der Waals surface area (Å²) in [7, 11) is 0. The van der Waals surface area contributed by atoms with Crippen molar-refractivity contribution in [1.29, 1.82) is 0 Å². The van der Waals surface area contributed by atoms with Crippen molar-refractivity contribution in [2.24, 2.45) is 4.99 Å². The quantitative estimate of drug-likeness (QED) is 0.643. The van der Waals surface area contributed by atoms with Crippen molar-refractivity contribution in [1.82, 2.24) is 0 Å². The number of allylic oxidation sites excluding steroid dienone is 2. The molecule has 13 heavy (non-hydrogen) atoms. The summed E-state index contributed by atoms with van der Waals surface area (Å²) in [5.74, 6) is 0. The zero-order valence-corrected chi connectivity index (χ0v) is 7.70. The number of hydrogen-bond acceptors (Lipinski definition) is 1. The predicted molar refractivity (Wildman–Crippen MR) is 57.1 cm³/mol. The van der Waals surface area contributed by atoms with E-state index >= 15 is 0 Å². The lowest BCUT2D eigenvalue weighted by Gasteiger charge is -1.94. The molecule has 0 spiro atoms. The van der Waals surface area contributed by atoms with Crippen LogP contribution in [0.15, 0.2) is 47.1 Å². The molecular weight excluding hydrogens is 182 g/mol. The van der Waals surface area contributed by atoms with Gasteiger partial charge >= 0.3 is 0 Å². The average Bonchev–Trinajstić information content (AvgIpc) is 2.57. The first-order valence-corrected chi connectivity index (χ1v) is 4.40. The van der Waals surface area contributed by atoms with E-state index in [4.69, 9.17) is 11.6 Å². The topological polar surface area (TPSA) is 12.4 Å². The molecule has 0 saturated heterocycles. The van der Waals surface area contributed by atoms with Gasteiger partial charge in [-0.15, -0.1) is 0 Å². The molecule has 1 aromatic carbocycles. The second-order valence-electron chi connectivity index (χ2n) is 2.76. The molecule has 0 fully saturated rings. The summed E-state index contributed by atoms with van der Waals surface area (Å²) in [5.41, 5.74) is 2.04. The van der Waals surface area contributed by atoms with Gasteiger partial charge in [-0.05, 0) is 35.9 Å². The first-order chi connectivity index (χ1) is 6.34. The molecule has 1 aliphatic rings. The minimum Gasteiger partial charge on any atom is -0.257 e. The summed E-state index contributed by atoms with van der Waals surface area (Å²) >= 11 is 5.84. The van der Waals surface area contributed by atoms with Crippen molar-refractivity contribution in [3.8, 4) is 0 Å². The predicted octanol–water partition coefficient (Wildman–Crippen LogP) is 3.32. The maximum Gasteiger partial charge on any atom is 0.0636 e. The summed E-state index contributed by atoms with van der Waals surface area (Å²) in [6.45, 7) is 0. The van der Waals surface area contributed by atoms with Crippen LogP contribution in [0.5, 0.6) is 0 Å². The van der Waals surface area contributed by atoms with E-state index in [9.17, 15) is 0 Å². The number of aliphatic imine (C=N–C) groups is 1. The lowest BCUT2D eigenvalue weighted by Crippen LogP contribution is -1.73. The van der Waals surface area contributed by atoms with Crippen LogP contribution in [0.3, 0.4) is 0 Å². The summed E-state index contributed by atoms with van der Waals surface area (Å²) < 4.78 is 0. The Hall–Kier alpha value is -1.34.